The minimum atomic E-state index is -0.490. The Morgan fingerprint density at radius 2 is 1.52 bits per heavy atom. The Labute approximate surface area is 170 Å². The zero-order chi connectivity index (χ0) is 20.2. The van der Waals surface area contributed by atoms with Crippen LogP contribution < -0.4 is 11.1 Å². The van der Waals surface area contributed by atoms with Gasteiger partial charge in [-0.05, 0) is 59.5 Å². The summed E-state index contributed by atoms with van der Waals surface area (Å²) < 4.78 is 0. The number of benzene rings is 3. The fraction of sp³-hybridized carbons (Fsp3) is 0.167. The third kappa shape index (κ3) is 4.52. The summed E-state index contributed by atoms with van der Waals surface area (Å²) in [5.74, 6) is -0.675. The van der Waals surface area contributed by atoms with Crippen molar-refractivity contribution in [3.05, 3.63) is 101 Å². The fourth-order valence-corrected chi connectivity index (χ4v) is 3.63. The molecule has 3 N–H and O–H groups in total. The standard InChI is InChI=1S/C24H23N3O2/c25-23(28)19-9-11-22(12-10-19)26-24(29)20-7-5-17(6-8-20)15-27-14-13-18-3-1-2-4-21(18)16-27/h1-12H,13-16H2,(H2,25,28)(H,26,29). The van der Waals surface area contributed by atoms with Crippen molar-refractivity contribution in [3.63, 3.8) is 0 Å². The fourth-order valence-electron chi connectivity index (χ4n) is 3.63. The molecule has 5 nitrogen and oxygen atoms in total. The Balaban J connectivity index is 1.36. The molecule has 0 spiro atoms. The van der Waals surface area contributed by atoms with Gasteiger partial charge < -0.3 is 11.1 Å². The number of carbonyl (C=O) groups is 2. The second-order valence-corrected chi connectivity index (χ2v) is 7.32. The summed E-state index contributed by atoms with van der Waals surface area (Å²) in [7, 11) is 0. The average molecular weight is 385 g/mol. The molecule has 1 aliphatic heterocycles. The maximum Gasteiger partial charge on any atom is 0.255 e. The molecule has 0 fully saturated rings. The first-order chi connectivity index (χ1) is 14.1. The van der Waals surface area contributed by atoms with E-state index in [9.17, 15) is 9.59 Å². The molecule has 0 unspecified atom stereocenters. The van der Waals surface area contributed by atoms with E-state index in [2.05, 4.69) is 34.5 Å². The van der Waals surface area contributed by atoms with Crippen molar-refractivity contribution >= 4 is 17.5 Å². The van der Waals surface area contributed by atoms with Crippen LogP contribution in [0.5, 0.6) is 0 Å². The Hall–Kier alpha value is -3.44. The van der Waals surface area contributed by atoms with E-state index in [1.165, 1.54) is 16.7 Å². The second kappa shape index (κ2) is 8.29. The number of primary amides is 1. The Bertz CT molecular complexity index is 1030. The van der Waals surface area contributed by atoms with Crippen LogP contribution in [0, 0.1) is 0 Å². The van der Waals surface area contributed by atoms with Crippen LogP contribution >= 0.6 is 0 Å². The molecule has 1 heterocycles. The highest BCUT2D eigenvalue weighted by atomic mass is 16.2. The van der Waals surface area contributed by atoms with Gasteiger partial charge in [0.05, 0.1) is 0 Å². The van der Waals surface area contributed by atoms with Gasteiger partial charge >= 0.3 is 0 Å². The first-order valence-corrected chi connectivity index (χ1v) is 9.68. The Morgan fingerprint density at radius 3 is 2.21 bits per heavy atom. The lowest BCUT2D eigenvalue weighted by atomic mass is 9.99. The molecule has 0 aromatic heterocycles. The van der Waals surface area contributed by atoms with E-state index in [4.69, 9.17) is 5.73 Å². The molecule has 0 saturated carbocycles. The Morgan fingerprint density at radius 1 is 0.862 bits per heavy atom. The third-order valence-electron chi connectivity index (χ3n) is 5.26. The quantitative estimate of drug-likeness (QED) is 0.705. The SMILES string of the molecule is NC(=O)c1ccc(NC(=O)c2ccc(CN3CCc4ccccc4C3)cc2)cc1. The molecule has 4 rings (SSSR count). The number of nitrogens with two attached hydrogens (primary N) is 1. The summed E-state index contributed by atoms with van der Waals surface area (Å²) in [5, 5.41) is 2.83. The number of anilines is 1. The van der Waals surface area contributed by atoms with Crippen LogP contribution in [0.1, 0.15) is 37.4 Å². The van der Waals surface area contributed by atoms with Crippen molar-refractivity contribution in [2.75, 3.05) is 11.9 Å². The summed E-state index contributed by atoms with van der Waals surface area (Å²) in [6, 6.07) is 22.8. The smallest absolute Gasteiger partial charge is 0.255 e. The van der Waals surface area contributed by atoms with Gasteiger partial charge in [-0.3, -0.25) is 14.5 Å². The monoisotopic (exact) mass is 385 g/mol. The molecule has 0 atom stereocenters. The summed E-state index contributed by atoms with van der Waals surface area (Å²) in [5.41, 5.74) is 10.9. The van der Waals surface area contributed by atoms with E-state index < -0.39 is 5.91 Å². The van der Waals surface area contributed by atoms with Crippen molar-refractivity contribution in [1.29, 1.82) is 0 Å². The highest BCUT2D eigenvalue weighted by Crippen LogP contribution is 2.20. The van der Waals surface area contributed by atoms with Crippen molar-refractivity contribution in [2.24, 2.45) is 5.73 Å². The number of rotatable bonds is 5. The lowest BCUT2D eigenvalue weighted by molar-refractivity contribution is 0.0998. The van der Waals surface area contributed by atoms with Gasteiger partial charge in [-0.2, -0.15) is 0 Å². The maximum atomic E-state index is 12.5. The number of nitrogens with zero attached hydrogens (tertiary/aromatic N) is 1. The molecule has 146 valence electrons. The van der Waals surface area contributed by atoms with Gasteiger partial charge in [0.1, 0.15) is 0 Å². The molecule has 1 aliphatic rings. The highest BCUT2D eigenvalue weighted by molar-refractivity contribution is 6.04. The zero-order valence-corrected chi connectivity index (χ0v) is 16.1. The number of amides is 2. The first-order valence-electron chi connectivity index (χ1n) is 9.68. The number of carbonyl (C=O) groups excluding carboxylic acids is 2. The molecule has 2 amide bonds. The summed E-state index contributed by atoms with van der Waals surface area (Å²) in [6.45, 7) is 2.87. The van der Waals surface area contributed by atoms with E-state index in [-0.39, 0.29) is 5.91 Å². The van der Waals surface area contributed by atoms with Gasteiger partial charge in [-0.15, -0.1) is 0 Å². The summed E-state index contributed by atoms with van der Waals surface area (Å²) >= 11 is 0. The number of hydrogen-bond donors (Lipinski definition) is 2. The molecule has 3 aromatic rings. The lowest BCUT2D eigenvalue weighted by Crippen LogP contribution is -2.29. The lowest BCUT2D eigenvalue weighted by Gasteiger charge is -2.28. The topological polar surface area (TPSA) is 75.4 Å². The van der Waals surface area contributed by atoms with E-state index in [1.807, 2.05) is 24.3 Å². The first kappa shape index (κ1) is 18.9. The normalized spacial score (nSPS) is 13.5. The van der Waals surface area contributed by atoms with Crippen LogP contribution in [0.4, 0.5) is 5.69 Å². The van der Waals surface area contributed by atoms with Gasteiger partial charge in [0.2, 0.25) is 5.91 Å². The van der Waals surface area contributed by atoms with Gasteiger partial charge in [-0.25, -0.2) is 0 Å². The minimum absolute atomic E-state index is 0.185. The molecule has 5 heteroatoms. The molecular weight excluding hydrogens is 362 g/mol. The molecule has 0 aliphatic carbocycles. The zero-order valence-electron chi connectivity index (χ0n) is 16.1. The molecule has 0 saturated heterocycles. The number of fused-ring (bicyclic) bond motifs is 1. The molecular formula is C24H23N3O2. The van der Waals surface area contributed by atoms with Crippen molar-refractivity contribution in [1.82, 2.24) is 4.90 Å². The predicted octanol–water partition coefficient (Wildman–Crippen LogP) is 3.60. The van der Waals surface area contributed by atoms with E-state index in [0.717, 1.165) is 26.1 Å². The third-order valence-corrected chi connectivity index (χ3v) is 5.26. The van der Waals surface area contributed by atoms with E-state index >= 15 is 0 Å². The van der Waals surface area contributed by atoms with Crippen LogP contribution in [-0.2, 0) is 19.5 Å². The molecule has 0 bridgehead atoms. The van der Waals surface area contributed by atoms with Gasteiger partial charge in [-0.1, -0.05) is 36.4 Å². The summed E-state index contributed by atoms with van der Waals surface area (Å²) in [4.78, 5) is 26.0. The van der Waals surface area contributed by atoms with Crippen LogP contribution in [-0.4, -0.2) is 23.3 Å². The largest absolute Gasteiger partial charge is 0.366 e. The van der Waals surface area contributed by atoms with Gasteiger partial charge in [0, 0.05) is 36.4 Å². The molecule has 0 radical (unpaired) electrons. The maximum absolute atomic E-state index is 12.5. The van der Waals surface area contributed by atoms with Crippen molar-refractivity contribution in [2.45, 2.75) is 19.5 Å². The van der Waals surface area contributed by atoms with Crippen LogP contribution in [0.3, 0.4) is 0 Å². The Kier molecular flexibility index (Phi) is 5.40. The second-order valence-electron chi connectivity index (χ2n) is 7.32. The number of nitrogens with one attached hydrogen (secondary N) is 1. The van der Waals surface area contributed by atoms with E-state index in [1.54, 1.807) is 24.3 Å². The summed E-state index contributed by atoms with van der Waals surface area (Å²) in [6.07, 6.45) is 1.07. The predicted molar refractivity (Wildman–Crippen MR) is 114 cm³/mol. The highest BCUT2D eigenvalue weighted by Gasteiger charge is 2.16. The molecule has 3 aromatic carbocycles. The average Bonchev–Trinajstić information content (AvgIpc) is 2.74. The van der Waals surface area contributed by atoms with Gasteiger partial charge in [0.25, 0.3) is 5.91 Å². The molecule has 29 heavy (non-hydrogen) atoms. The minimum Gasteiger partial charge on any atom is -0.366 e. The van der Waals surface area contributed by atoms with Crippen LogP contribution in [0.2, 0.25) is 0 Å². The van der Waals surface area contributed by atoms with Crippen LogP contribution in [0.15, 0.2) is 72.8 Å². The van der Waals surface area contributed by atoms with Crippen molar-refractivity contribution < 1.29 is 9.59 Å². The van der Waals surface area contributed by atoms with Crippen molar-refractivity contribution in [3.8, 4) is 0 Å². The number of hydrogen-bond acceptors (Lipinski definition) is 3. The van der Waals surface area contributed by atoms with E-state index in [0.29, 0.717) is 16.8 Å². The van der Waals surface area contributed by atoms with Gasteiger partial charge in [0.15, 0.2) is 0 Å². The van der Waals surface area contributed by atoms with Crippen LogP contribution in [0.25, 0.3) is 0 Å².